The fourth-order valence-electron chi connectivity index (χ4n) is 3.98. The number of hydrogen-bond donors (Lipinski definition) is 1. The molecule has 0 radical (unpaired) electrons. The van der Waals surface area contributed by atoms with E-state index in [1.165, 1.54) is 18.2 Å². The lowest BCUT2D eigenvalue weighted by molar-refractivity contribution is -0.0995. The zero-order valence-corrected chi connectivity index (χ0v) is 19.7. The van der Waals surface area contributed by atoms with E-state index in [1.54, 1.807) is 61.3 Å². The van der Waals surface area contributed by atoms with Gasteiger partial charge in [-0.3, -0.25) is 0 Å². The molecular weight excluding hydrogens is 465 g/mol. The van der Waals surface area contributed by atoms with E-state index in [4.69, 9.17) is 4.74 Å². The van der Waals surface area contributed by atoms with Crippen molar-refractivity contribution in [3.8, 4) is 11.5 Å². The Morgan fingerprint density at radius 2 is 1.76 bits per heavy atom. The monoisotopic (exact) mass is 490 g/mol. The van der Waals surface area contributed by atoms with Crippen LogP contribution in [0.2, 0.25) is 0 Å². The number of rotatable bonds is 6. The van der Waals surface area contributed by atoms with Crippen LogP contribution in [0.1, 0.15) is 32.8 Å². The highest BCUT2D eigenvalue weighted by Gasteiger charge is 2.45. The third-order valence-electron chi connectivity index (χ3n) is 5.73. The lowest BCUT2D eigenvalue weighted by Crippen LogP contribution is -2.42. The van der Waals surface area contributed by atoms with E-state index >= 15 is 0 Å². The van der Waals surface area contributed by atoms with E-state index in [0.717, 1.165) is 6.08 Å². The van der Waals surface area contributed by atoms with Crippen molar-refractivity contribution >= 4 is 15.5 Å². The number of nitrogens with one attached hydrogen (secondary N) is 1. The minimum atomic E-state index is -4.46. The van der Waals surface area contributed by atoms with Crippen LogP contribution in [0, 0.1) is 0 Å². The summed E-state index contributed by atoms with van der Waals surface area (Å²) in [5.74, 6) is 0.793. The molecule has 0 aliphatic carbocycles. The summed E-state index contributed by atoms with van der Waals surface area (Å²) in [7, 11) is -3.46. The van der Waals surface area contributed by atoms with Crippen LogP contribution in [0.15, 0.2) is 83.0 Å². The molecule has 2 aliphatic heterocycles. The summed E-state index contributed by atoms with van der Waals surface area (Å²) in [6.45, 7) is 5.11. The summed E-state index contributed by atoms with van der Waals surface area (Å²) in [5, 5.41) is 2.44. The smallest absolute Gasteiger partial charge is 0.416 e. The van der Waals surface area contributed by atoms with Gasteiger partial charge in [0.1, 0.15) is 17.7 Å². The molecule has 0 saturated heterocycles. The molecule has 4 rings (SSSR count). The first-order valence-corrected chi connectivity index (χ1v) is 12.4. The maximum Gasteiger partial charge on any atom is 0.416 e. The van der Waals surface area contributed by atoms with Gasteiger partial charge in [-0.15, -0.1) is 0 Å². The van der Waals surface area contributed by atoms with Crippen molar-refractivity contribution in [1.82, 2.24) is 10.2 Å². The Morgan fingerprint density at radius 3 is 2.41 bits per heavy atom. The number of halogens is 3. The Kier molecular flexibility index (Phi) is 6.24. The van der Waals surface area contributed by atoms with Crippen molar-refractivity contribution in [1.29, 1.82) is 0 Å². The van der Waals surface area contributed by atoms with E-state index in [9.17, 15) is 21.6 Å². The number of hydrogen-bond acceptors (Lipinski definition) is 5. The number of allylic oxidation sites excluding steroid dienone is 3. The summed E-state index contributed by atoms with van der Waals surface area (Å²) in [6.07, 6.45) is -0.873. The maximum atomic E-state index is 13.6. The Labute approximate surface area is 197 Å². The molecule has 0 aromatic heterocycles. The number of alkyl halides is 3. The van der Waals surface area contributed by atoms with Crippen LogP contribution in [0.3, 0.4) is 0 Å². The normalized spacial score (nSPS) is 18.1. The van der Waals surface area contributed by atoms with E-state index < -0.39 is 33.0 Å². The molecule has 0 bridgehead atoms. The van der Waals surface area contributed by atoms with Gasteiger partial charge in [0.2, 0.25) is 0 Å². The fourth-order valence-corrected chi connectivity index (χ4v) is 5.07. The second kappa shape index (κ2) is 8.87. The van der Waals surface area contributed by atoms with E-state index in [1.807, 2.05) is 6.92 Å². The molecule has 5 nitrogen and oxygen atoms in total. The molecule has 0 spiro atoms. The quantitative estimate of drug-likeness (QED) is 0.539. The van der Waals surface area contributed by atoms with Gasteiger partial charge in [0.05, 0.1) is 21.4 Å². The molecule has 2 aromatic rings. The Morgan fingerprint density at radius 1 is 1.09 bits per heavy atom. The van der Waals surface area contributed by atoms with Crippen molar-refractivity contribution in [2.75, 3.05) is 0 Å². The van der Waals surface area contributed by atoms with Gasteiger partial charge >= 0.3 is 6.18 Å². The summed E-state index contributed by atoms with van der Waals surface area (Å²) in [5.41, 5.74) is 1.35. The molecule has 2 heterocycles. The van der Waals surface area contributed by atoms with Crippen LogP contribution in [0.25, 0.3) is 5.70 Å². The zero-order chi connectivity index (χ0) is 24.7. The minimum Gasteiger partial charge on any atom is -0.457 e. The fraction of sp³-hybridized carbons (Fsp3) is 0.280. The maximum absolute atomic E-state index is 13.6. The molecule has 180 valence electrons. The van der Waals surface area contributed by atoms with Gasteiger partial charge in [-0.25, -0.2) is 8.42 Å². The van der Waals surface area contributed by atoms with Crippen LogP contribution in [-0.4, -0.2) is 30.9 Å². The molecule has 2 aromatic carbocycles. The number of sulfone groups is 1. The van der Waals surface area contributed by atoms with Crippen LogP contribution in [-0.2, 0) is 9.84 Å². The molecule has 0 fully saturated rings. The summed E-state index contributed by atoms with van der Waals surface area (Å²) in [4.78, 5) is 1.75. The highest BCUT2D eigenvalue weighted by molar-refractivity contribution is 7.92. The van der Waals surface area contributed by atoms with Gasteiger partial charge in [-0.1, -0.05) is 25.1 Å². The van der Waals surface area contributed by atoms with Gasteiger partial charge in [0, 0.05) is 17.5 Å². The lowest BCUT2D eigenvalue weighted by Gasteiger charge is -2.31. The van der Waals surface area contributed by atoms with Crippen molar-refractivity contribution in [3.63, 3.8) is 0 Å². The number of nitrogens with zero attached hydrogens (tertiary/aromatic N) is 1. The Bertz CT molecular complexity index is 1290. The molecular formula is C25H25F3N2O3S. The van der Waals surface area contributed by atoms with E-state index in [-0.39, 0.29) is 4.90 Å². The first-order valence-electron chi connectivity index (χ1n) is 10.9. The third kappa shape index (κ3) is 4.44. The first-order chi connectivity index (χ1) is 16.0. The van der Waals surface area contributed by atoms with Crippen LogP contribution in [0.5, 0.6) is 11.5 Å². The lowest BCUT2D eigenvalue weighted by atomic mass is 10.1. The summed E-state index contributed by atoms with van der Waals surface area (Å²) >= 11 is 0. The van der Waals surface area contributed by atoms with Crippen LogP contribution < -0.4 is 10.1 Å². The Balaban J connectivity index is 1.65. The summed E-state index contributed by atoms with van der Waals surface area (Å²) in [6, 6.07) is 13.3. The molecule has 2 aliphatic rings. The molecule has 9 heteroatoms. The van der Waals surface area contributed by atoms with Crippen molar-refractivity contribution < 1.29 is 26.3 Å². The number of benzene rings is 2. The van der Waals surface area contributed by atoms with Gasteiger partial charge in [-0.2, -0.15) is 13.2 Å². The molecule has 34 heavy (non-hydrogen) atoms. The number of ether oxygens (including phenoxy) is 1. The van der Waals surface area contributed by atoms with Crippen molar-refractivity contribution in [2.45, 2.75) is 49.7 Å². The second-order valence-corrected chi connectivity index (χ2v) is 10.8. The highest BCUT2D eigenvalue weighted by atomic mass is 32.2. The largest absolute Gasteiger partial charge is 0.457 e. The van der Waals surface area contributed by atoms with E-state index in [2.05, 4.69) is 5.32 Å². The predicted molar refractivity (Wildman–Crippen MR) is 125 cm³/mol. The van der Waals surface area contributed by atoms with Crippen LogP contribution in [0.4, 0.5) is 13.2 Å². The second-order valence-electron chi connectivity index (χ2n) is 8.29. The zero-order valence-electron chi connectivity index (χ0n) is 18.9. The average Bonchev–Trinajstić information content (AvgIpc) is 3.17. The van der Waals surface area contributed by atoms with Gasteiger partial charge < -0.3 is 15.0 Å². The van der Waals surface area contributed by atoms with Crippen molar-refractivity contribution in [2.24, 2.45) is 0 Å². The molecule has 1 unspecified atom stereocenters. The average molecular weight is 491 g/mol. The van der Waals surface area contributed by atoms with Gasteiger partial charge in [0.25, 0.3) is 0 Å². The van der Waals surface area contributed by atoms with Crippen molar-refractivity contribution in [3.05, 3.63) is 83.7 Å². The van der Waals surface area contributed by atoms with Crippen LogP contribution >= 0.6 is 0 Å². The summed E-state index contributed by atoms with van der Waals surface area (Å²) < 4.78 is 71.6. The third-order valence-corrected chi connectivity index (χ3v) is 7.88. The predicted octanol–water partition coefficient (Wildman–Crippen LogP) is 5.99. The molecule has 1 atom stereocenters. The molecule has 0 amide bonds. The molecule has 0 saturated carbocycles. The SMILES string of the molecule is CCC1=C(c2cccc(Oc3cccc(S(=O)(=O)C(C)C)c3)c2)N2C=CC=C(C(F)(F)F)C2N1. The minimum absolute atomic E-state index is 0.167. The van der Waals surface area contributed by atoms with E-state index in [0.29, 0.717) is 34.9 Å². The molecule has 1 N–H and O–H groups in total. The highest BCUT2D eigenvalue weighted by Crippen LogP contribution is 2.41. The number of fused-ring (bicyclic) bond motifs is 1. The first kappa shape index (κ1) is 23.9. The van der Waals surface area contributed by atoms with Gasteiger partial charge in [0.15, 0.2) is 9.84 Å². The van der Waals surface area contributed by atoms with Gasteiger partial charge in [-0.05, 0) is 62.8 Å². The Hall–Kier alpha value is -3.20. The topological polar surface area (TPSA) is 58.6 Å². The standard InChI is InChI=1S/C25H25F3N2O3S/c1-4-22-23(30-13-7-12-21(24(30)29-22)25(26,27)28)17-8-5-9-18(14-17)33-19-10-6-11-20(15-19)34(31,32)16(2)3/h5-16,24,29H,4H2,1-3H3.